The first kappa shape index (κ1) is 19.6. The lowest BCUT2D eigenvalue weighted by molar-refractivity contribution is 0.280. The van der Waals surface area contributed by atoms with Gasteiger partial charge in [0.1, 0.15) is 16.5 Å². The normalized spacial score (nSPS) is 12.0. The van der Waals surface area contributed by atoms with Crippen LogP contribution in [0, 0.1) is 3.57 Å². The third-order valence-corrected chi connectivity index (χ3v) is 4.88. The molecule has 0 saturated heterocycles. The maximum absolute atomic E-state index is 5.97. The summed E-state index contributed by atoms with van der Waals surface area (Å²) in [6.07, 6.45) is 5.80. The van der Waals surface area contributed by atoms with E-state index in [1.165, 1.54) is 0 Å². The zero-order chi connectivity index (χ0) is 19.4. The molecule has 0 aromatic carbocycles. The van der Waals surface area contributed by atoms with Gasteiger partial charge in [0.05, 0.1) is 22.1 Å². The number of anilines is 2. The summed E-state index contributed by atoms with van der Waals surface area (Å²) in [7, 11) is 1.81. The average Bonchev–Trinajstić information content (AvgIpc) is 2.99. The molecule has 10 heteroatoms. The highest BCUT2D eigenvalue weighted by molar-refractivity contribution is 14.1. The van der Waals surface area contributed by atoms with E-state index in [1.54, 1.807) is 29.3 Å². The highest BCUT2D eigenvalue weighted by atomic mass is 127. The van der Waals surface area contributed by atoms with Crippen LogP contribution in [-0.2, 0) is 7.05 Å². The van der Waals surface area contributed by atoms with Crippen molar-refractivity contribution in [1.82, 2.24) is 24.7 Å². The minimum atomic E-state index is 0.178. The average molecular weight is 500 g/mol. The van der Waals surface area contributed by atoms with Crippen LogP contribution in [0.1, 0.15) is 13.3 Å². The SMILES string of the molecule is C[C@@H](CCOc1c(-c2nccc(N)n2)cnn1C)Nc1cc(Cl)ncc1I. The first-order chi connectivity index (χ1) is 12.9. The van der Waals surface area contributed by atoms with Crippen molar-refractivity contribution in [1.29, 1.82) is 0 Å². The van der Waals surface area contributed by atoms with Crippen LogP contribution in [-0.4, -0.2) is 37.4 Å². The molecule has 27 heavy (non-hydrogen) atoms. The van der Waals surface area contributed by atoms with E-state index in [9.17, 15) is 0 Å². The Balaban J connectivity index is 1.62. The second-order valence-corrected chi connectivity index (χ2v) is 7.51. The van der Waals surface area contributed by atoms with Gasteiger partial charge in [-0.3, -0.25) is 0 Å². The van der Waals surface area contributed by atoms with Crippen LogP contribution in [0.3, 0.4) is 0 Å². The second kappa shape index (κ2) is 8.70. The Morgan fingerprint density at radius 2 is 2.19 bits per heavy atom. The van der Waals surface area contributed by atoms with E-state index in [2.05, 4.69) is 54.9 Å². The van der Waals surface area contributed by atoms with Crippen molar-refractivity contribution >= 4 is 45.7 Å². The molecule has 3 aromatic rings. The van der Waals surface area contributed by atoms with Gasteiger partial charge in [-0.25, -0.2) is 19.6 Å². The van der Waals surface area contributed by atoms with Crippen molar-refractivity contribution in [2.75, 3.05) is 17.7 Å². The molecule has 0 spiro atoms. The molecule has 1 atom stereocenters. The number of nitrogens with two attached hydrogens (primary N) is 1. The van der Waals surface area contributed by atoms with E-state index < -0.39 is 0 Å². The molecule has 0 fully saturated rings. The summed E-state index contributed by atoms with van der Waals surface area (Å²) in [4.78, 5) is 12.5. The van der Waals surface area contributed by atoms with Gasteiger partial charge in [0.25, 0.3) is 0 Å². The number of rotatable bonds is 7. The van der Waals surface area contributed by atoms with Gasteiger partial charge in [-0.1, -0.05) is 11.6 Å². The van der Waals surface area contributed by atoms with E-state index in [1.807, 2.05) is 13.1 Å². The third kappa shape index (κ3) is 4.98. The molecule has 3 aromatic heterocycles. The second-order valence-electron chi connectivity index (χ2n) is 5.96. The van der Waals surface area contributed by atoms with Gasteiger partial charge in [-0.05, 0) is 41.6 Å². The van der Waals surface area contributed by atoms with E-state index in [-0.39, 0.29) is 6.04 Å². The monoisotopic (exact) mass is 499 g/mol. The third-order valence-electron chi connectivity index (χ3n) is 3.82. The number of nitrogens with zero attached hydrogens (tertiary/aromatic N) is 5. The van der Waals surface area contributed by atoms with Gasteiger partial charge in [0.15, 0.2) is 5.82 Å². The van der Waals surface area contributed by atoms with Crippen molar-refractivity contribution in [2.24, 2.45) is 7.05 Å². The number of hydrogen-bond acceptors (Lipinski definition) is 7. The zero-order valence-corrected chi connectivity index (χ0v) is 17.8. The summed E-state index contributed by atoms with van der Waals surface area (Å²) < 4.78 is 8.63. The zero-order valence-electron chi connectivity index (χ0n) is 14.9. The van der Waals surface area contributed by atoms with Gasteiger partial charge >= 0.3 is 0 Å². The van der Waals surface area contributed by atoms with Crippen molar-refractivity contribution in [3.05, 3.63) is 39.4 Å². The van der Waals surface area contributed by atoms with Crippen LogP contribution < -0.4 is 15.8 Å². The van der Waals surface area contributed by atoms with Crippen LogP contribution in [0.15, 0.2) is 30.7 Å². The van der Waals surface area contributed by atoms with Crippen LogP contribution in [0.4, 0.5) is 11.5 Å². The van der Waals surface area contributed by atoms with E-state index >= 15 is 0 Å². The number of aryl methyl sites for hydroxylation is 1. The Morgan fingerprint density at radius 3 is 2.96 bits per heavy atom. The molecule has 8 nitrogen and oxygen atoms in total. The lowest BCUT2D eigenvalue weighted by atomic mass is 10.2. The van der Waals surface area contributed by atoms with Gasteiger partial charge in [-0.2, -0.15) is 5.10 Å². The molecule has 3 rings (SSSR count). The van der Waals surface area contributed by atoms with E-state index in [0.29, 0.717) is 34.8 Å². The Hall–Kier alpha value is -2.14. The summed E-state index contributed by atoms with van der Waals surface area (Å²) >= 11 is 8.19. The fourth-order valence-corrected chi connectivity index (χ4v) is 3.06. The molecule has 142 valence electrons. The predicted octanol–water partition coefficient (Wildman–Crippen LogP) is 3.38. The van der Waals surface area contributed by atoms with Gasteiger partial charge in [0, 0.05) is 31.9 Å². The number of halogens is 2. The van der Waals surface area contributed by atoms with Gasteiger partial charge in [0.2, 0.25) is 5.88 Å². The largest absolute Gasteiger partial charge is 0.477 e. The molecule has 0 radical (unpaired) electrons. The molecule has 0 amide bonds. The Bertz CT molecular complexity index is 933. The summed E-state index contributed by atoms with van der Waals surface area (Å²) in [5.41, 5.74) is 7.41. The lowest BCUT2D eigenvalue weighted by Crippen LogP contribution is -2.19. The predicted molar refractivity (Wildman–Crippen MR) is 114 cm³/mol. The smallest absolute Gasteiger partial charge is 0.222 e. The van der Waals surface area contributed by atoms with Crippen LogP contribution in [0.2, 0.25) is 5.15 Å². The first-order valence-corrected chi connectivity index (χ1v) is 9.71. The molecule has 3 heterocycles. The number of nitrogen functional groups attached to an aromatic ring is 1. The molecular formula is C17H19ClIN7O. The standard InChI is InChI=1S/C17H19ClIN7O/c1-10(24-13-7-14(18)22-9-12(13)19)4-6-27-17-11(8-23-26(17)2)16-21-5-3-15(20)25-16/h3,5,7-10H,4,6H2,1-2H3,(H,22,24)(H2,20,21,25)/t10-/m0/s1. The molecule has 0 aliphatic rings. The summed E-state index contributed by atoms with van der Waals surface area (Å²) in [5.74, 6) is 1.50. The maximum atomic E-state index is 5.97. The van der Waals surface area contributed by atoms with Crippen molar-refractivity contribution in [3.63, 3.8) is 0 Å². The van der Waals surface area contributed by atoms with Crippen molar-refractivity contribution < 1.29 is 4.74 Å². The van der Waals surface area contributed by atoms with Gasteiger partial charge < -0.3 is 15.8 Å². The quantitative estimate of drug-likeness (QED) is 0.379. The minimum absolute atomic E-state index is 0.178. The highest BCUT2D eigenvalue weighted by Gasteiger charge is 2.15. The Kier molecular flexibility index (Phi) is 6.32. The molecule has 0 unspecified atom stereocenters. The number of aromatic nitrogens is 5. The number of hydrogen-bond donors (Lipinski definition) is 2. The van der Waals surface area contributed by atoms with Crippen LogP contribution in [0.5, 0.6) is 5.88 Å². The fraction of sp³-hybridized carbons (Fsp3) is 0.294. The number of ether oxygens (including phenoxy) is 1. The summed E-state index contributed by atoms with van der Waals surface area (Å²) in [5, 5.41) is 8.13. The van der Waals surface area contributed by atoms with Crippen molar-refractivity contribution in [2.45, 2.75) is 19.4 Å². The first-order valence-electron chi connectivity index (χ1n) is 8.25. The topological polar surface area (TPSA) is 104 Å². The molecular weight excluding hydrogens is 481 g/mol. The minimum Gasteiger partial charge on any atom is -0.477 e. The fourth-order valence-electron chi connectivity index (χ4n) is 2.45. The maximum Gasteiger partial charge on any atom is 0.222 e. The molecule has 0 saturated carbocycles. The molecule has 3 N–H and O–H groups in total. The van der Waals surface area contributed by atoms with Crippen LogP contribution >= 0.6 is 34.2 Å². The van der Waals surface area contributed by atoms with E-state index in [0.717, 1.165) is 15.7 Å². The Morgan fingerprint density at radius 1 is 1.37 bits per heavy atom. The summed E-state index contributed by atoms with van der Waals surface area (Å²) in [6, 6.07) is 3.63. The molecule has 0 aliphatic carbocycles. The Labute approximate surface area is 175 Å². The highest BCUT2D eigenvalue weighted by Crippen LogP contribution is 2.27. The molecule has 0 aliphatic heterocycles. The van der Waals surface area contributed by atoms with Crippen molar-refractivity contribution in [3.8, 4) is 17.3 Å². The van der Waals surface area contributed by atoms with E-state index in [4.69, 9.17) is 22.1 Å². The van der Waals surface area contributed by atoms with Gasteiger partial charge in [-0.15, -0.1) is 0 Å². The lowest BCUT2D eigenvalue weighted by Gasteiger charge is -2.17. The number of pyridine rings is 1. The molecule has 0 bridgehead atoms. The summed E-state index contributed by atoms with van der Waals surface area (Å²) in [6.45, 7) is 2.58. The number of nitrogens with one attached hydrogen (secondary N) is 1. The van der Waals surface area contributed by atoms with Crippen LogP contribution in [0.25, 0.3) is 11.4 Å².